The van der Waals surface area contributed by atoms with E-state index in [1.54, 1.807) is 0 Å². The summed E-state index contributed by atoms with van der Waals surface area (Å²) < 4.78 is 5.52. The molecule has 1 aromatic carbocycles. The van der Waals surface area contributed by atoms with Gasteiger partial charge in [0.05, 0.1) is 6.54 Å². The van der Waals surface area contributed by atoms with Crippen molar-refractivity contribution in [1.29, 1.82) is 0 Å². The van der Waals surface area contributed by atoms with Crippen LogP contribution in [0.25, 0.3) is 0 Å². The summed E-state index contributed by atoms with van der Waals surface area (Å²) in [6, 6.07) is 7.02. The quantitative estimate of drug-likeness (QED) is 0.865. The molecular formula is C14H20N4O. The Bertz CT molecular complexity index is 528. The first kappa shape index (κ1) is 13.5. The van der Waals surface area contributed by atoms with Crippen LogP contribution in [0.5, 0.6) is 0 Å². The Labute approximate surface area is 113 Å². The van der Waals surface area contributed by atoms with Gasteiger partial charge in [0.15, 0.2) is 0 Å². The zero-order valence-electron chi connectivity index (χ0n) is 11.8. The Morgan fingerprint density at radius 2 is 1.79 bits per heavy atom. The second-order valence-electron chi connectivity index (χ2n) is 5.04. The fourth-order valence-electron chi connectivity index (χ4n) is 1.84. The monoisotopic (exact) mass is 260 g/mol. The Morgan fingerprint density at radius 1 is 1.11 bits per heavy atom. The molecule has 0 bridgehead atoms. The molecule has 0 unspecified atom stereocenters. The lowest BCUT2D eigenvalue weighted by Gasteiger charge is -2.05. The van der Waals surface area contributed by atoms with Crippen LogP contribution in [-0.4, -0.2) is 16.2 Å². The summed E-state index contributed by atoms with van der Waals surface area (Å²) in [6.07, 6.45) is 0. The van der Waals surface area contributed by atoms with Gasteiger partial charge in [0.1, 0.15) is 0 Å². The van der Waals surface area contributed by atoms with Gasteiger partial charge in [-0.1, -0.05) is 25.0 Å². The van der Waals surface area contributed by atoms with Crippen LogP contribution < -0.4 is 10.6 Å². The third-order valence-electron chi connectivity index (χ3n) is 2.60. The van der Waals surface area contributed by atoms with Gasteiger partial charge in [-0.25, -0.2) is 0 Å². The van der Waals surface area contributed by atoms with Crippen LogP contribution in [0.15, 0.2) is 22.6 Å². The van der Waals surface area contributed by atoms with E-state index in [0.717, 1.165) is 5.69 Å². The van der Waals surface area contributed by atoms with E-state index in [1.807, 2.05) is 12.1 Å². The van der Waals surface area contributed by atoms with E-state index in [0.29, 0.717) is 24.5 Å². The van der Waals surface area contributed by atoms with Crippen molar-refractivity contribution in [1.82, 2.24) is 15.5 Å². The fraction of sp³-hybridized carbons (Fsp3) is 0.429. The zero-order valence-corrected chi connectivity index (χ0v) is 11.8. The van der Waals surface area contributed by atoms with Gasteiger partial charge in [-0.3, -0.25) is 0 Å². The minimum atomic E-state index is 0.391. The van der Waals surface area contributed by atoms with Gasteiger partial charge in [-0.15, -0.1) is 5.10 Å². The summed E-state index contributed by atoms with van der Waals surface area (Å²) in [5.74, 6) is 0.584. The van der Waals surface area contributed by atoms with Gasteiger partial charge in [-0.05, 0) is 37.1 Å². The lowest BCUT2D eigenvalue weighted by Crippen LogP contribution is -2.21. The van der Waals surface area contributed by atoms with E-state index in [-0.39, 0.29) is 0 Å². The molecule has 5 heteroatoms. The fourth-order valence-corrected chi connectivity index (χ4v) is 1.84. The third-order valence-corrected chi connectivity index (χ3v) is 2.60. The number of aromatic nitrogens is 2. The minimum Gasteiger partial charge on any atom is -0.406 e. The highest BCUT2D eigenvalue weighted by atomic mass is 16.4. The summed E-state index contributed by atoms with van der Waals surface area (Å²) in [5.41, 5.74) is 3.36. The zero-order chi connectivity index (χ0) is 13.8. The van der Waals surface area contributed by atoms with Crippen LogP contribution >= 0.6 is 0 Å². The lowest BCUT2D eigenvalue weighted by molar-refractivity contribution is 0.460. The molecule has 1 aromatic heterocycles. The first-order valence-corrected chi connectivity index (χ1v) is 6.44. The maximum Gasteiger partial charge on any atom is 0.320 e. The van der Waals surface area contributed by atoms with Crippen LogP contribution in [-0.2, 0) is 6.54 Å². The van der Waals surface area contributed by atoms with E-state index in [4.69, 9.17) is 4.42 Å². The predicted octanol–water partition coefficient (Wildman–Crippen LogP) is 2.93. The smallest absolute Gasteiger partial charge is 0.320 e. The van der Waals surface area contributed by atoms with Gasteiger partial charge >= 0.3 is 6.01 Å². The van der Waals surface area contributed by atoms with Gasteiger partial charge in [-0.2, -0.15) is 0 Å². The van der Waals surface area contributed by atoms with Crippen molar-refractivity contribution in [3.63, 3.8) is 0 Å². The van der Waals surface area contributed by atoms with E-state index < -0.39 is 0 Å². The van der Waals surface area contributed by atoms with Crippen molar-refractivity contribution in [2.45, 2.75) is 40.3 Å². The van der Waals surface area contributed by atoms with Crippen LogP contribution in [0, 0.1) is 13.8 Å². The summed E-state index contributed by atoms with van der Waals surface area (Å²) in [4.78, 5) is 0. The average Bonchev–Trinajstić information content (AvgIpc) is 2.72. The van der Waals surface area contributed by atoms with Crippen molar-refractivity contribution >= 4 is 11.7 Å². The molecule has 0 amide bonds. The van der Waals surface area contributed by atoms with Gasteiger partial charge in [0.2, 0.25) is 5.89 Å². The maximum absolute atomic E-state index is 5.52. The molecular weight excluding hydrogens is 240 g/mol. The molecule has 0 aliphatic heterocycles. The van der Waals surface area contributed by atoms with Crippen LogP contribution in [0.2, 0.25) is 0 Å². The van der Waals surface area contributed by atoms with Crippen molar-refractivity contribution < 1.29 is 4.42 Å². The van der Waals surface area contributed by atoms with Gasteiger partial charge < -0.3 is 15.1 Å². The van der Waals surface area contributed by atoms with Gasteiger partial charge in [0.25, 0.3) is 0 Å². The molecule has 0 radical (unpaired) electrons. The second-order valence-corrected chi connectivity index (χ2v) is 5.04. The topological polar surface area (TPSA) is 63.0 Å². The minimum absolute atomic E-state index is 0.391. The standard InChI is InChI=1S/C14H20N4O/c1-9(2)15-8-13-17-18-14(19-13)16-12-6-10(3)5-11(4)7-12/h5-7,9,15H,8H2,1-4H3,(H,16,18). The Morgan fingerprint density at radius 3 is 2.42 bits per heavy atom. The number of nitrogens with zero attached hydrogens (tertiary/aromatic N) is 2. The molecule has 2 rings (SSSR count). The third kappa shape index (κ3) is 4.06. The van der Waals surface area contributed by atoms with Gasteiger partial charge in [0, 0.05) is 11.7 Å². The van der Waals surface area contributed by atoms with E-state index in [2.05, 4.69) is 54.6 Å². The molecule has 0 aliphatic rings. The summed E-state index contributed by atoms with van der Waals surface area (Å²) in [7, 11) is 0. The summed E-state index contributed by atoms with van der Waals surface area (Å²) >= 11 is 0. The molecule has 2 aromatic rings. The summed E-state index contributed by atoms with van der Waals surface area (Å²) in [6.45, 7) is 8.85. The first-order valence-electron chi connectivity index (χ1n) is 6.44. The number of anilines is 2. The number of rotatable bonds is 5. The molecule has 0 saturated heterocycles. The van der Waals surface area contributed by atoms with Crippen molar-refractivity contribution in [2.75, 3.05) is 5.32 Å². The van der Waals surface area contributed by atoms with E-state index in [1.165, 1.54) is 11.1 Å². The number of hydrogen-bond donors (Lipinski definition) is 2. The van der Waals surface area contributed by atoms with Crippen molar-refractivity contribution in [3.8, 4) is 0 Å². The normalized spacial score (nSPS) is 11.0. The molecule has 0 spiro atoms. The Balaban J connectivity index is 2.03. The number of aryl methyl sites for hydroxylation is 2. The maximum atomic E-state index is 5.52. The van der Waals surface area contributed by atoms with E-state index >= 15 is 0 Å². The molecule has 2 N–H and O–H groups in total. The average molecular weight is 260 g/mol. The highest BCUT2D eigenvalue weighted by molar-refractivity contribution is 5.54. The van der Waals surface area contributed by atoms with Crippen LogP contribution in [0.4, 0.5) is 11.7 Å². The van der Waals surface area contributed by atoms with Crippen molar-refractivity contribution in [3.05, 3.63) is 35.2 Å². The highest BCUT2D eigenvalue weighted by Crippen LogP contribution is 2.18. The number of hydrogen-bond acceptors (Lipinski definition) is 5. The molecule has 0 saturated carbocycles. The molecule has 5 nitrogen and oxygen atoms in total. The van der Waals surface area contributed by atoms with E-state index in [9.17, 15) is 0 Å². The Kier molecular flexibility index (Phi) is 4.16. The molecule has 19 heavy (non-hydrogen) atoms. The summed E-state index contributed by atoms with van der Waals surface area (Å²) in [5, 5.41) is 14.3. The second kappa shape index (κ2) is 5.84. The first-order chi connectivity index (χ1) is 9.02. The number of nitrogens with one attached hydrogen (secondary N) is 2. The van der Waals surface area contributed by atoms with Crippen LogP contribution in [0.1, 0.15) is 30.9 Å². The van der Waals surface area contributed by atoms with Crippen LogP contribution in [0.3, 0.4) is 0 Å². The SMILES string of the molecule is Cc1cc(C)cc(Nc2nnc(CNC(C)C)o2)c1. The molecule has 0 fully saturated rings. The highest BCUT2D eigenvalue weighted by Gasteiger charge is 2.07. The molecule has 102 valence electrons. The Hall–Kier alpha value is -1.88. The molecule has 0 atom stereocenters. The van der Waals surface area contributed by atoms with Crippen molar-refractivity contribution in [2.24, 2.45) is 0 Å². The largest absolute Gasteiger partial charge is 0.406 e. The number of benzene rings is 1. The molecule has 0 aliphatic carbocycles. The predicted molar refractivity (Wildman–Crippen MR) is 75.5 cm³/mol. The lowest BCUT2D eigenvalue weighted by atomic mass is 10.1. The molecule has 1 heterocycles.